The molecule has 2 rings (SSSR count). The number of thiophene rings is 1. The molecule has 0 saturated carbocycles. The van der Waals surface area contributed by atoms with E-state index in [1.165, 1.54) is 11.3 Å². The number of carbonyl (C=O) groups excluding carboxylic acids is 1. The van der Waals surface area contributed by atoms with Gasteiger partial charge in [0.15, 0.2) is 0 Å². The third-order valence-electron chi connectivity index (χ3n) is 3.24. The van der Waals surface area contributed by atoms with Crippen LogP contribution in [0.2, 0.25) is 5.02 Å². The number of fused-ring (bicyclic) bond motifs is 1. The lowest BCUT2D eigenvalue weighted by atomic mass is 10.2. The molecule has 5 heteroatoms. The molecule has 0 spiro atoms. The normalized spacial score (nSPS) is 11.2. The number of rotatable bonds is 4. The maximum absolute atomic E-state index is 12.7. The van der Waals surface area contributed by atoms with Crippen LogP contribution in [0.4, 0.5) is 5.69 Å². The summed E-state index contributed by atoms with van der Waals surface area (Å²) in [4.78, 5) is 15.1. The molecule has 0 fully saturated rings. The number of benzene rings is 1. The molecule has 1 amide bonds. The predicted molar refractivity (Wildman–Crippen MR) is 87.7 cm³/mol. The van der Waals surface area contributed by atoms with Crippen molar-refractivity contribution < 1.29 is 4.79 Å². The summed E-state index contributed by atoms with van der Waals surface area (Å²) in [6, 6.07) is 5.77. The molecule has 2 aromatic rings. The highest BCUT2D eigenvalue weighted by molar-refractivity contribution is 7.21. The summed E-state index contributed by atoms with van der Waals surface area (Å²) in [7, 11) is 0. The molecule has 108 valence electrons. The second kappa shape index (κ2) is 6.02. The van der Waals surface area contributed by atoms with Crippen molar-refractivity contribution in [3.8, 4) is 0 Å². The Morgan fingerprint density at radius 3 is 2.70 bits per heavy atom. The Labute approximate surface area is 128 Å². The van der Waals surface area contributed by atoms with Crippen LogP contribution in [-0.2, 0) is 0 Å². The van der Waals surface area contributed by atoms with Crippen molar-refractivity contribution in [3.63, 3.8) is 0 Å². The second-order valence-corrected chi connectivity index (χ2v) is 6.51. The smallest absolute Gasteiger partial charge is 0.266 e. The first-order valence-corrected chi connectivity index (χ1v) is 7.94. The molecule has 0 aliphatic rings. The Hall–Kier alpha value is -1.26. The number of nitrogens with zero attached hydrogens (tertiary/aromatic N) is 1. The molecule has 1 aromatic carbocycles. The van der Waals surface area contributed by atoms with E-state index < -0.39 is 0 Å². The summed E-state index contributed by atoms with van der Waals surface area (Å²) in [5.41, 5.74) is 6.66. The Bertz CT molecular complexity index is 636. The number of halogens is 1. The molecule has 0 aliphatic carbocycles. The molecule has 1 heterocycles. The zero-order valence-corrected chi connectivity index (χ0v) is 13.5. The summed E-state index contributed by atoms with van der Waals surface area (Å²) in [6.07, 6.45) is 0.926. The van der Waals surface area contributed by atoms with Crippen LogP contribution >= 0.6 is 22.9 Å². The molecule has 2 N–H and O–H groups in total. The first-order chi connectivity index (χ1) is 9.47. The summed E-state index contributed by atoms with van der Waals surface area (Å²) < 4.78 is 0.957. The predicted octanol–water partition coefficient (Wildman–Crippen LogP) is 4.40. The molecule has 0 unspecified atom stereocenters. The topological polar surface area (TPSA) is 46.3 Å². The van der Waals surface area contributed by atoms with Crippen LogP contribution in [0.15, 0.2) is 18.2 Å². The number of hydrogen-bond donors (Lipinski definition) is 1. The van der Waals surface area contributed by atoms with Gasteiger partial charge in [-0.15, -0.1) is 11.3 Å². The fraction of sp³-hybridized carbons (Fsp3) is 0.400. The zero-order chi connectivity index (χ0) is 14.9. The van der Waals surface area contributed by atoms with Gasteiger partial charge in [0.2, 0.25) is 0 Å². The number of nitrogen functional groups attached to an aromatic ring is 1. The van der Waals surface area contributed by atoms with E-state index in [9.17, 15) is 4.79 Å². The highest BCUT2D eigenvalue weighted by Crippen LogP contribution is 2.38. The van der Waals surface area contributed by atoms with Crippen molar-refractivity contribution in [1.82, 2.24) is 4.90 Å². The lowest BCUT2D eigenvalue weighted by Gasteiger charge is -2.26. The van der Waals surface area contributed by atoms with Crippen LogP contribution in [0.5, 0.6) is 0 Å². The average molecular weight is 311 g/mol. The number of carbonyl (C=O) groups is 1. The van der Waals surface area contributed by atoms with E-state index in [2.05, 4.69) is 6.92 Å². The second-order valence-electron chi connectivity index (χ2n) is 5.05. The maximum atomic E-state index is 12.7. The molecular weight excluding hydrogens is 292 g/mol. The van der Waals surface area contributed by atoms with E-state index in [0.717, 1.165) is 23.1 Å². The molecule has 0 radical (unpaired) electrons. The fourth-order valence-corrected chi connectivity index (χ4v) is 3.69. The van der Waals surface area contributed by atoms with Crippen LogP contribution in [0, 0.1) is 0 Å². The quantitative estimate of drug-likeness (QED) is 0.910. The van der Waals surface area contributed by atoms with E-state index in [-0.39, 0.29) is 11.9 Å². The first kappa shape index (κ1) is 15.1. The van der Waals surface area contributed by atoms with Gasteiger partial charge in [0, 0.05) is 22.7 Å². The molecular formula is C15H19ClN2OS. The van der Waals surface area contributed by atoms with Crippen LogP contribution in [0.3, 0.4) is 0 Å². The van der Waals surface area contributed by atoms with Gasteiger partial charge < -0.3 is 10.6 Å². The van der Waals surface area contributed by atoms with Gasteiger partial charge in [0.1, 0.15) is 4.88 Å². The molecule has 0 bridgehead atoms. The van der Waals surface area contributed by atoms with Gasteiger partial charge in [-0.25, -0.2) is 0 Å². The van der Waals surface area contributed by atoms with Gasteiger partial charge in [-0.1, -0.05) is 24.6 Å². The van der Waals surface area contributed by atoms with Gasteiger partial charge in [-0.2, -0.15) is 0 Å². The zero-order valence-electron chi connectivity index (χ0n) is 11.9. The van der Waals surface area contributed by atoms with Crippen molar-refractivity contribution in [2.45, 2.75) is 33.2 Å². The lowest BCUT2D eigenvalue weighted by Crippen LogP contribution is -2.37. The van der Waals surface area contributed by atoms with E-state index in [1.807, 2.05) is 30.9 Å². The van der Waals surface area contributed by atoms with Gasteiger partial charge >= 0.3 is 0 Å². The Morgan fingerprint density at radius 1 is 1.45 bits per heavy atom. The van der Waals surface area contributed by atoms with Crippen LogP contribution in [0.25, 0.3) is 10.1 Å². The van der Waals surface area contributed by atoms with Crippen molar-refractivity contribution in [2.24, 2.45) is 0 Å². The van der Waals surface area contributed by atoms with E-state index in [0.29, 0.717) is 15.6 Å². The Morgan fingerprint density at radius 2 is 2.15 bits per heavy atom. The van der Waals surface area contributed by atoms with Crippen LogP contribution in [-0.4, -0.2) is 23.4 Å². The molecule has 0 aliphatic heterocycles. The van der Waals surface area contributed by atoms with Crippen molar-refractivity contribution in [1.29, 1.82) is 0 Å². The minimum absolute atomic E-state index is 0.00313. The first-order valence-electron chi connectivity index (χ1n) is 6.74. The standard InChI is InChI=1S/C15H19ClN2OS/c1-4-8-18(9(2)3)15(19)14-13(17)12-10(16)6-5-7-11(12)20-14/h5-7,9H,4,8,17H2,1-3H3. The third-order valence-corrected chi connectivity index (χ3v) is 4.72. The highest BCUT2D eigenvalue weighted by atomic mass is 35.5. The lowest BCUT2D eigenvalue weighted by molar-refractivity contribution is 0.0712. The Balaban J connectivity index is 2.49. The molecule has 20 heavy (non-hydrogen) atoms. The number of nitrogens with two attached hydrogens (primary N) is 1. The summed E-state index contributed by atoms with van der Waals surface area (Å²) in [6.45, 7) is 6.83. The Kier molecular flexibility index (Phi) is 4.55. The maximum Gasteiger partial charge on any atom is 0.266 e. The number of anilines is 1. The molecule has 0 atom stereocenters. The largest absolute Gasteiger partial charge is 0.397 e. The van der Waals surface area contributed by atoms with E-state index >= 15 is 0 Å². The van der Waals surface area contributed by atoms with Crippen LogP contribution < -0.4 is 5.73 Å². The minimum atomic E-state index is -0.00313. The van der Waals surface area contributed by atoms with E-state index in [4.69, 9.17) is 17.3 Å². The summed E-state index contributed by atoms with van der Waals surface area (Å²) >= 11 is 7.60. The van der Waals surface area contributed by atoms with Crippen molar-refractivity contribution in [3.05, 3.63) is 28.1 Å². The van der Waals surface area contributed by atoms with Gasteiger partial charge in [0.25, 0.3) is 5.91 Å². The molecule has 0 saturated heterocycles. The van der Waals surface area contributed by atoms with Crippen molar-refractivity contribution in [2.75, 3.05) is 12.3 Å². The van der Waals surface area contributed by atoms with Crippen LogP contribution in [0.1, 0.15) is 36.9 Å². The van der Waals surface area contributed by atoms with Gasteiger partial charge in [0.05, 0.1) is 10.7 Å². The number of amides is 1. The van der Waals surface area contributed by atoms with E-state index in [1.54, 1.807) is 6.07 Å². The fourth-order valence-electron chi connectivity index (χ4n) is 2.25. The number of hydrogen-bond acceptors (Lipinski definition) is 3. The van der Waals surface area contributed by atoms with Gasteiger partial charge in [-0.3, -0.25) is 4.79 Å². The summed E-state index contributed by atoms with van der Waals surface area (Å²) in [5.74, 6) is -0.00313. The average Bonchev–Trinajstić information content (AvgIpc) is 2.73. The van der Waals surface area contributed by atoms with Crippen molar-refractivity contribution >= 4 is 44.6 Å². The summed E-state index contributed by atoms with van der Waals surface area (Å²) in [5, 5.41) is 1.39. The monoisotopic (exact) mass is 310 g/mol. The third kappa shape index (κ3) is 2.63. The molecule has 3 nitrogen and oxygen atoms in total. The minimum Gasteiger partial charge on any atom is -0.397 e. The van der Waals surface area contributed by atoms with Gasteiger partial charge in [-0.05, 0) is 32.4 Å². The SMILES string of the molecule is CCCN(C(=O)c1sc2cccc(Cl)c2c1N)C(C)C. The highest BCUT2D eigenvalue weighted by Gasteiger charge is 2.24. The molecule has 1 aromatic heterocycles.